The van der Waals surface area contributed by atoms with Crippen molar-refractivity contribution in [1.82, 2.24) is 5.32 Å². The third-order valence-electron chi connectivity index (χ3n) is 3.79. The van der Waals surface area contributed by atoms with Crippen molar-refractivity contribution in [2.24, 2.45) is 11.8 Å². The Labute approximate surface area is 103 Å². The molecule has 0 heterocycles. The molecule has 0 aromatic carbocycles. The number of hydrogen-bond donors (Lipinski definition) is 1. The summed E-state index contributed by atoms with van der Waals surface area (Å²) in [6.45, 7) is 4.20. The molecule has 3 unspecified atom stereocenters. The van der Waals surface area contributed by atoms with E-state index < -0.39 is 5.92 Å². The van der Waals surface area contributed by atoms with E-state index in [4.69, 9.17) is 4.74 Å². The fourth-order valence-electron chi connectivity index (χ4n) is 2.92. The molecule has 0 bridgehead atoms. The van der Waals surface area contributed by atoms with E-state index in [0.717, 1.165) is 6.42 Å². The second kappa shape index (κ2) is 6.10. The Kier molecular flexibility index (Phi) is 5.32. The highest BCUT2D eigenvalue weighted by Crippen LogP contribution is 2.41. The van der Waals surface area contributed by atoms with Gasteiger partial charge in [0.05, 0.1) is 6.10 Å². The molecule has 102 valence electrons. The lowest BCUT2D eigenvalue weighted by Gasteiger charge is -2.30. The average molecular weight is 249 g/mol. The Hall–Kier alpha value is -0.220. The van der Waals surface area contributed by atoms with Gasteiger partial charge in [0.2, 0.25) is 5.92 Å². The number of alkyl halides is 2. The second-order valence-electron chi connectivity index (χ2n) is 5.54. The number of methoxy groups -OCH3 is 1. The molecule has 1 aliphatic carbocycles. The van der Waals surface area contributed by atoms with E-state index in [1.165, 1.54) is 0 Å². The van der Waals surface area contributed by atoms with E-state index in [1.807, 2.05) is 7.05 Å². The lowest BCUT2D eigenvalue weighted by Crippen LogP contribution is -2.43. The molecule has 4 heteroatoms. The predicted molar refractivity (Wildman–Crippen MR) is 65.4 cm³/mol. The molecule has 0 aliphatic heterocycles. The zero-order valence-corrected chi connectivity index (χ0v) is 11.3. The van der Waals surface area contributed by atoms with Gasteiger partial charge < -0.3 is 10.1 Å². The minimum Gasteiger partial charge on any atom is -0.380 e. The van der Waals surface area contributed by atoms with Gasteiger partial charge in [-0.2, -0.15) is 0 Å². The van der Waals surface area contributed by atoms with Gasteiger partial charge in [0.1, 0.15) is 0 Å². The van der Waals surface area contributed by atoms with E-state index in [-0.39, 0.29) is 30.9 Å². The predicted octanol–water partition coefficient (Wildman–Crippen LogP) is 3.07. The molecule has 1 N–H and O–H groups in total. The largest absolute Gasteiger partial charge is 0.380 e. The Balaban J connectivity index is 2.52. The molecule has 0 aromatic heterocycles. The summed E-state index contributed by atoms with van der Waals surface area (Å²) < 4.78 is 31.8. The van der Waals surface area contributed by atoms with Gasteiger partial charge in [0.25, 0.3) is 0 Å². The van der Waals surface area contributed by atoms with Crippen molar-refractivity contribution < 1.29 is 13.5 Å². The Morgan fingerprint density at radius 3 is 2.41 bits per heavy atom. The first-order chi connectivity index (χ1) is 7.89. The molecular formula is C13H25F2NO. The van der Waals surface area contributed by atoms with Crippen molar-refractivity contribution in [1.29, 1.82) is 0 Å². The smallest absolute Gasteiger partial charge is 0.248 e. The van der Waals surface area contributed by atoms with Crippen molar-refractivity contribution in [3.05, 3.63) is 0 Å². The van der Waals surface area contributed by atoms with E-state index in [2.05, 4.69) is 19.2 Å². The minimum absolute atomic E-state index is 0.0414. The van der Waals surface area contributed by atoms with Crippen LogP contribution in [0.5, 0.6) is 0 Å². The zero-order valence-electron chi connectivity index (χ0n) is 11.3. The van der Waals surface area contributed by atoms with Crippen LogP contribution in [-0.2, 0) is 4.74 Å². The summed E-state index contributed by atoms with van der Waals surface area (Å²) in [5.41, 5.74) is 0. The standard InChI is InChI=1S/C13H25F2NO/c1-9(2)12(17-4)11(16-3)7-10-5-6-13(14,15)8-10/h9-12,16H,5-8H2,1-4H3. The van der Waals surface area contributed by atoms with Crippen molar-refractivity contribution in [3.63, 3.8) is 0 Å². The lowest BCUT2D eigenvalue weighted by atomic mass is 9.90. The summed E-state index contributed by atoms with van der Waals surface area (Å²) in [5, 5.41) is 3.22. The topological polar surface area (TPSA) is 21.3 Å². The van der Waals surface area contributed by atoms with E-state index in [0.29, 0.717) is 12.3 Å². The van der Waals surface area contributed by atoms with Crippen molar-refractivity contribution in [2.75, 3.05) is 14.2 Å². The van der Waals surface area contributed by atoms with Gasteiger partial charge in [0, 0.05) is 26.0 Å². The molecule has 0 amide bonds. The van der Waals surface area contributed by atoms with Gasteiger partial charge in [-0.25, -0.2) is 8.78 Å². The molecule has 0 aromatic rings. The average Bonchev–Trinajstić information content (AvgIpc) is 2.57. The highest BCUT2D eigenvalue weighted by atomic mass is 19.3. The van der Waals surface area contributed by atoms with Crippen LogP contribution < -0.4 is 5.32 Å². The molecule has 0 radical (unpaired) electrons. The lowest BCUT2D eigenvalue weighted by molar-refractivity contribution is -0.0000967. The van der Waals surface area contributed by atoms with Gasteiger partial charge in [-0.3, -0.25) is 0 Å². The first-order valence-corrected chi connectivity index (χ1v) is 6.47. The SMILES string of the molecule is CNC(CC1CCC(F)(F)C1)C(OC)C(C)C. The normalized spacial score (nSPS) is 27.4. The van der Waals surface area contributed by atoms with E-state index in [9.17, 15) is 8.78 Å². The molecule has 0 spiro atoms. The van der Waals surface area contributed by atoms with Gasteiger partial charge in [-0.05, 0) is 31.7 Å². The van der Waals surface area contributed by atoms with Crippen LogP contribution >= 0.6 is 0 Å². The number of halogens is 2. The molecule has 17 heavy (non-hydrogen) atoms. The van der Waals surface area contributed by atoms with Gasteiger partial charge >= 0.3 is 0 Å². The number of nitrogens with one attached hydrogen (secondary N) is 1. The van der Waals surface area contributed by atoms with Crippen LogP contribution in [-0.4, -0.2) is 32.2 Å². The number of rotatable bonds is 6. The molecule has 1 fully saturated rings. The van der Waals surface area contributed by atoms with Crippen molar-refractivity contribution in [3.8, 4) is 0 Å². The molecule has 0 saturated heterocycles. The first-order valence-electron chi connectivity index (χ1n) is 6.47. The summed E-state index contributed by atoms with van der Waals surface area (Å²) in [6.07, 6.45) is 1.60. The Morgan fingerprint density at radius 2 is 2.06 bits per heavy atom. The molecule has 1 aliphatic rings. The Bertz CT molecular complexity index is 233. The van der Waals surface area contributed by atoms with Crippen molar-refractivity contribution in [2.45, 2.75) is 57.6 Å². The molecule has 2 nitrogen and oxygen atoms in total. The fourth-order valence-corrected chi connectivity index (χ4v) is 2.92. The molecular weight excluding hydrogens is 224 g/mol. The quantitative estimate of drug-likeness (QED) is 0.781. The maximum atomic E-state index is 13.1. The van der Waals surface area contributed by atoms with Gasteiger partial charge in [-0.1, -0.05) is 13.8 Å². The molecule has 3 atom stereocenters. The van der Waals surface area contributed by atoms with Crippen LogP contribution in [0, 0.1) is 11.8 Å². The number of hydrogen-bond acceptors (Lipinski definition) is 2. The monoisotopic (exact) mass is 249 g/mol. The van der Waals surface area contributed by atoms with Crippen LogP contribution in [0.25, 0.3) is 0 Å². The minimum atomic E-state index is -2.44. The number of likely N-dealkylation sites (N-methyl/N-ethyl adjacent to an activating group) is 1. The Morgan fingerprint density at radius 1 is 1.41 bits per heavy atom. The summed E-state index contributed by atoms with van der Waals surface area (Å²) in [6, 6.07) is 0.166. The summed E-state index contributed by atoms with van der Waals surface area (Å²) in [7, 11) is 3.57. The number of ether oxygens (including phenoxy) is 1. The van der Waals surface area contributed by atoms with Crippen LogP contribution in [0.3, 0.4) is 0 Å². The van der Waals surface area contributed by atoms with Crippen LogP contribution in [0.1, 0.15) is 39.5 Å². The maximum Gasteiger partial charge on any atom is 0.248 e. The maximum absolute atomic E-state index is 13.1. The van der Waals surface area contributed by atoms with Crippen molar-refractivity contribution >= 4 is 0 Å². The molecule has 1 saturated carbocycles. The first kappa shape index (κ1) is 14.8. The van der Waals surface area contributed by atoms with Gasteiger partial charge in [-0.15, -0.1) is 0 Å². The van der Waals surface area contributed by atoms with Crippen LogP contribution in [0.15, 0.2) is 0 Å². The van der Waals surface area contributed by atoms with Gasteiger partial charge in [0.15, 0.2) is 0 Å². The highest BCUT2D eigenvalue weighted by Gasteiger charge is 2.40. The van der Waals surface area contributed by atoms with Crippen LogP contribution in [0.4, 0.5) is 8.78 Å². The highest BCUT2D eigenvalue weighted by molar-refractivity contribution is 4.87. The van der Waals surface area contributed by atoms with E-state index in [1.54, 1.807) is 7.11 Å². The fraction of sp³-hybridized carbons (Fsp3) is 1.00. The zero-order chi connectivity index (χ0) is 13.1. The molecule has 1 rings (SSSR count). The van der Waals surface area contributed by atoms with E-state index >= 15 is 0 Å². The van der Waals surface area contributed by atoms with Crippen LogP contribution in [0.2, 0.25) is 0 Å². The summed E-state index contributed by atoms with van der Waals surface area (Å²) in [5.74, 6) is -1.93. The third kappa shape index (κ3) is 4.18. The second-order valence-corrected chi connectivity index (χ2v) is 5.54. The summed E-state index contributed by atoms with van der Waals surface area (Å²) >= 11 is 0. The third-order valence-corrected chi connectivity index (χ3v) is 3.79. The summed E-state index contributed by atoms with van der Waals surface area (Å²) in [4.78, 5) is 0.